The van der Waals surface area contributed by atoms with Crippen molar-refractivity contribution in [3.8, 4) is 33.4 Å². The molecule has 14 aromatic rings. The number of hydrogen-bond donors (Lipinski definition) is 0. The zero-order chi connectivity index (χ0) is 49.0. The number of benzene rings is 12. The number of nitrogens with zero attached hydrogens (tertiary/aromatic N) is 1. The van der Waals surface area contributed by atoms with Gasteiger partial charge in [-0.2, -0.15) is 0 Å². The SMILES string of the molecule is c1ccc(C(c2ccccc2)(c2ccccc2)c2ccc(-c3ccc(N(c4ccc(-c5cccc6c5sc5ccccc56)cc4)c4cccc(-c5ccc6oc7ccccc7c6c5)c4)c4ccccc34)cc2)cc1. The maximum atomic E-state index is 6.25. The second-order valence-corrected chi connectivity index (χ2v) is 20.2. The van der Waals surface area contributed by atoms with E-state index < -0.39 is 5.41 Å². The highest BCUT2D eigenvalue weighted by molar-refractivity contribution is 7.26. The molecule has 2 heterocycles. The molecule has 0 unspecified atom stereocenters. The second kappa shape index (κ2) is 18.1. The fraction of sp³-hybridized carbons (Fsp3) is 0.0141. The lowest BCUT2D eigenvalue weighted by molar-refractivity contribution is 0.669. The predicted molar refractivity (Wildman–Crippen MR) is 313 cm³/mol. The number of rotatable bonds is 10. The van der Waals surface area contributed by atoms with E-state index in [4.69, 9.17) is 4.42 Å². The Morgan fingerprint density at radius 2 is 0.824 bits per heavy atom. The smallest absolute Gasteiger partial charge is 0.135 e. The van der Waals surface area contributed by atoms with Crippen molar-refractivity contribution in [3.05, 3.63) is 307 Å². The molecule has 0 amide bonds. The first-order chi connectivity index (χ1) is 36.7. The molecule has 0 aliphatic rings. The average molecular weight is 962 g/mol. The lowest BCUT2D eigenvalue weighted by atomic mass is 9.65. The lowest BCUT2D eigenvalue weighted by Crippen LogP contribution is -2.30. The molecule has 0 saturated carbocycles. The van der Waals surface area contributed by atoms with Crippen molar-refractivity contribution in [1.82, 2.24) is 0 Å². The van der Waals surface area contributed by atoms with E-state index in [0.717, 1.165) is 61.1 Å². The molecular formula is C71H47NOS. The van der Waals surface area contributed by atoms with Crippen LogP contribution in [0.25, 0.3) is 86.3 Å². The Bertz CT molecular complexity index is 4250. The third-order valence-corrected chi connectivity index (χ3v) is 16.3. The third kappa shape index (κ3) is 7.24. The van der Waals surface area contributed by atoms with Crippen molar-refractivity contribution in [2.24, 2.45) is 0 Å². The molecular weight excluding hydrogens is 915 g/mol. The van der Waals surface area contributed by atoms with E-state index in [1.807, 2.05) is 23.5 Å². The number of anilines is 3. The Kier molecular flexibility index (Phi) is 10.6. The molecule has 74 heavy (non-hydrogen) atoms. The van der Waals surface area contributed by atoms with Crippen LogP contribution < -0.4 is 4.90 Å². The molecule has 2 nitrogen and oxygen atoms in total. The summed E-state index contributed by atoms with van der Waals surface area (Å²) >= 11 is 1.87. The minimum atomic E-state index is -0.527. The van der Waals surface area contributed by atoms with Crippen LogP contribution in [-0.4, -0.2) is 0 Å². The summed E-state index contributed by atoms with van der Waals surface area (Å²) in [6.45, 7) is 0. The lowest BCUT2D eigenvalue weighted by Gasteiger charge is -2.37. The van der Waals surface area contributed by atoms with E-state index in [1.165, 1.54) is 64.5 Å². The van der Waals surface area contributed by atoms with Crippen molar-refractivity contribution in [3.63, 3.8) is 0 Å². The summed E-state index contributed by atoms with van der Waals surface area (Å²) in [6, 6.07) is 104. The number of thiophene rings is 1. The number of fused-ring (bicyclic) bond motifs is 7. The molecule has 0 saturated heterocycles. The topological polar surface area (TPSA) is 16.4 Å². The molecule has 0 bridgehead atoms. The van der Waals surface area contributed by atoms with Crippen molar-refractivity contribution < 1.29 is 4.42 Å². The summed E-state index contributed by atoms with van der Waals surface area (Å²) in [4.78, 5) is 2.43. The Morgan fingerprint density at radius 3 is 1.54 bits per heavy atom. The van der Waals surface area contributed by atoms with Crippen molar-refractivity contribution in [2.75, 3.05) is 4.90 Å². The maximum absolute atomic E-state index is 6.25. The van der Waals surface area contributed by atoms with Gasteiger partial charge in [-0.15, -0.1) is 11.3 Å². The van der Waals surface area contributed by atoms with Crippen LogP contribution in [0.2, 0.25) is 0 Å². The monoisotopic (exact) mass is 961 g/mol. The summed E-state index contributed by atoms with van der Waals surface area (Å²) in [5, 5.41) is 7.20. The van der Waals surface area contributed by atoms with E-state index in [-0.39, 0.29) is 0 Å². The zero-order valence-electron chi connectivity index (χ0n) is 40.4. The van der Waals surface area contributed by atoms with Crippen LogP contribution in [-0.2, 0) is 5.41 Å². The normalized spacial score (nSPS) is 11.8. The van der Waals surface area contributed by atoms with Gasteiger partial charge in [-0.05, 0) is 116 Å². The van der Waals surface area contributed by atoms with Crippen LogP contribution in [0, 0.1) is 0 Å². The molecule has 348 valence electrons. The quantitative estimate of drug-likeness (QED) is 0.127. The molecule has 0 spiro atoms. The summed E-state index contributed by atoms with van der Waals surface area (Å²) in [5.41, 5.74) is 16.5. The fourth-order valence-corrected chi connectivity index (χ4v) is 12.9. The number of para-hydroxylation sites is 1. The van der Waals surface area contributed by atoms with Gasteiger partial charge in [0.25, 0.3) is 0 Å². The van der Waals surface area contributed by atoms with Crippen molar-refractivity contribution in [2.45, 2.75) is 5.41 Å². The number of hydrogen-bond acceptors (Lipinski definition) is 3. The third-order valence-electron chi connectivity index (χ3n) is 15.0. The average Bonchev–Trinajstić information content (AvgIpc) is 4.07. The Hall–Kier alpha value is -9.28. The van der Waals surface area contributed by atoms with E-state index in [9.17, 15) is 0 Å². The summed E-state index contributed by atoms with van der Waals surface area (Å²) in [6.07, 6.45) is 0. The first-order valence-corrected chi connectivity index (χ1v) is 26.1. The maximum Gasteiger partial charge on any atom is 0.135 e. The van der Waals surface area contributed by atoms with Crippen LogP contribution in [0.5, 0.6) is 0 Å². The van der Waals surface area contributed by atoms with E-state index >= 15 is 0 Å². The van der Waals surface area contributed by atoms with E-state index in [0.29, 0.717) is 0 Å². The molecule has 0 aliphatic heterocycles. The molecule has 0 atom stereocenters. The highest BCUT2D eigenvalue weighted by Crippen LogP contribution is 2.48. The molecule has 0 fully saturated rings. The van der Waals surface area contributed by atoms with Gasteiger partial charge in [0.15, 0.2) is 0 Å². The molecule has 14 rings (SSSR count). The standard InChI is InChI=1S/C71H47NOS/c1-4-19-52(20-5-1)71(53-21-6-2-7-22-53,54-23-8-3-9-24-54)55-39-34-48(35-40-55)58-43-44-66(61-27-11-10-26-60(58)61)72(56-41-36-49(37-42-56)59-30-17-31-64-63-29-13-15-33-69(63)74-70(59)64)57-25-16-18-50(46-57)51-38-45-68-65(47-51)62-28-12-14-32-67(62)73-68/h1-47H. The van der Waals surface area contributed by atoms with Crippen molar-refractivity contribution in [1.29, 1.82) is 0 Å². The van der Waals surface area contributed by atoms with Crippen LogP contribution >= 0.6 is 11.3 Å². The Labute approximate surface area is 434 Å². The van der Waals surface area contributed by atoms with E-state index in [2.05, 4.69) is 278 Å². The molecule has 12 aromatic carbocycles. The number of furan rings is 1. The Morgan fingerprint density at radius 1 is 0.297 bits per heavy atom. The molecule has 3 heteroatoms. The van der Waals surface area contributed by atoms with Crippen LogP contribution in [0.1, 0.15) is 22.3 Å². The first-order valence-electron chi connectivity index (χ1n) is 25.3. The summed E-state index contributed by atoms with van der Waals surface area (Å²) < 4.78 is 8.87. The molecule has 0 N–H and O–H groups in total. The highest BCUT2D eigenvalue weighted by Gasteiger charge is 2.38. The summed E-state index contributed by atoms with van der Waals surface area (Å²) in [7, 11) is 0. The zero-order valence-corrected chi connectivity index (χ0v) is 41.2. The van der Waals surface area contributed by atoms with Gasteiger partial charge in [0.1, 0.15) is 11.2 Å². The molecule has 0 aliphatic carbocycles. The second-order valence-electron chi connectivity index (χ2n) is 19.1. The minimum Gasteiger partial charge on any atom is -0.456 e. The van der Waals surface area contributed by atoms with Gasteiger partial charge >= 0.3 is 0 Å². The largest absolute Gasteiger partial charge is 0.456 e. The van der Waals surface area contributed by atoms with Crippen LogP contribution in [0.15, 0.2) is 290 Å². The van der Waals surface area contributed by atoms with Gasteiger partial charge < -0.3 is 9.32 Å². The van der Waals surface area contributed by atoms with Crippen molar-refractivity contribution >= 4 is 81.3 Å². The molecule has 0 radical (unpaired) electrons. The first kappa shape index (κ1) is 43.5. The highest BCUT2D eigenvalue weighted by atomic mass is 32.1. The predicted octanol–water partition coefficient (Wildman–Crippen LogP) is 20.0. The van der Waals surface area contributed by atoms with Gasteiger partial charge in [0.2, 0.25) is 0 Å². The van der Waals surface area contributed by atoms with Gasteiger partial charge in [-0.1, -0.05) is 231 Å². The van der Waals surface area contributed by atoms with Gasteiger partial charge in [0, 0.05) is 47.7 Å². The minimum absolute atomic E-state index is 0.527. The van der Waals surface area contributed by atoms with Crippen LogP contribution in [0.3, 0.4) is 0 Å². The van der Waals surface area contributed by atoms with Gasteiger partial charge in [0.05, 0.1) is 11.1 Å². The fourth-order valence-electron chi connectivity index (χ4n) is 11.6. The Balaban J connectivity index is 0.909. The van der Waals surface area contributed by atoms with E-state index in [1.54, 1.807) is 0 Å². The summed E-state index contributed by atoms with van der Waals surface area (Å²) in [5.74, 6) is 0. The van der Waals surface area contributed by atoms with Gasteiger partial charge in [-0.25, -0.2) is 0 Å². The van der Waals surface area contributed by atoms with Crippen LogP contribution in [0.4, 0.5) is 17.1 Å². The molecule has 2 aromatic heterocycles. The van der Waals surface area contributed by atoms with Gasteiger partial charge in [-0.3, -0.25) is 0 Å².